The van der Waals surface area contributed by atoms with Crippen molar-refractivity contribution >= 4 is 11.6 Å². The first-order valence-corrected chi connectivity index (χ1v) is 7.50. The fourth-order valence-corrected chi connectivity index (χ4v) is 2.78. The highest BCUT2D eigenvalue weighted by molar-refractivity contribution is 6.30. The third-order valence-corrected chi connectivity index (χ3v) is 4.06. The molecular weight excluding hydrogens is 268 g/mol. The van der Waals surface area contributed by atoms with Crippen LogP contribution in [0.1, 0.15) is 47.8 Å². The van der Waals surface area contributed by atoms with Gasteiger partial charge in [0.25, 0.3) is 0 Å². The van der Waals surface area contributed by atoms with E-state index in [2.05, 4.69) is 32.0 Å². The third kappa shape index (κ3) is 3.05. The Hall–Kier alpha value is -1.31. The molecule has 0 saturated carbocycles. The number of rotatable bonds is 4. The summed E-state index contributed by atoms with van der Waals surface area (Å²) in [5, 5.41) is 11.5. The summed E-state index contributed by atoms with van der Waals surface area (Å²) in [6.07, 6.45) is 1.31. The smallest absolute Gasteiger partial charge is 0.105 e. The van der Waals surface area contributed by atoms with Gasteiger partial charge in [0.05, 0.1) is 0 Å². The van der Waals surface area contributed by atoms with E-state index in [1.54, 1.807) is 0 Å². The Morgan fingerprint density at radius 3 is 2.35 bits per heavy atom. The number of aliphatic hydroxyl groups excluding tert-OH is 1. The summed E-state index contributed by atoms with van der Waals surface area (Å²) in [6, 6.07) is 12.0. The van der Waals surface area contributed by atoms with Crippen molar-refractivity contribution in [3.63, 3.8) is 0 Å². The minimum absolute atomic E-state index is 0.589. The summed E-state index contributed by atoms with van der Waals surface area (Å²) in [5.74, 6) is 0. The maximum Gasteiger partial charge on any atom is 0.105 e. The van der Waals surface area contributed by atoms with Crippen LogP contribution in [0.4, 0.5) is 0 Å². The van der Waals surface area contributed by atoms with Crippen molar-refractivity contribution in [2.24, 2.45) is 0 Å². The van der Waals surface area contributed by atoms with Crippen LogP contribution in [0.25, 0.3) is 0 Å². The molecule has 0 spiro atoms. The average molecular weight is 289 g/mol. The Morgan fingerprint density at radius 2 is 1.75 bits per heavy atom. The molecule has 1 atom stereocenters. The first-order valence-electron chi connectivity index (χ1n) is 7.12. The van der Waals surface area contributed by atoms with E-state index in [4.69, 9.17) is 11.6 Å². The van der Waals surface area contributed by atoms with Gasteiger partial charge in [-0.15, -0.1) is 0 Å². The predicted molar refractivity (Wildman–Crippen MR) is 85.4 cm³/mol. The molecule has 1 unspecified atom stereocenters. The molecule has 0 aliphatic rings. The molecule has 0 aliphatic carbocycles. The molecule has 2 heteroatoms. The molecule has 2 aromatic rings. The van der Waals surface area contributed by atoms with E-state index in [1.807, 2.05) is 25.1 Å². The molecule has 0 aliphatic heterocycles. The van der Waals surface area contributed by atoms with E-state index < -0.39 is 6.10 Å². The van der Waals surface area contributed by atoms with Gasteiger partial charge < -0.3 is 5.11 Å². The summed E-state index contributed by atoms with van der Waals surface area (Å²) in [7, 11) is 0. The molecule has 0 heterocycles. The van der Waals surface area contributed by atoms with Gasteiger partial charge in [-0.3, -0.25) is 0 Å². The fraction of sp³-hybridized carbons (Fsp3) is 0.333. The molecule has 1 N–H and O–H groups in total. The standard InChI is InChI=1S/C18H21ClO/c1-4-13-6-7-14(5-2)17(11-13)18(20)16-9-8-15(19)10-12(16)3/h6-11,18,20H,4-5H2,1-3H3. The van der Waals surface area contributed by atoms with Gasteiger partial charge in [0.2, 0.25) is 0 Å². The van der Waals surface area contributed by atoms with Gasteiger partial charge in [-0.2, -0.15) is 0 Å². The lowest BCUT2D eigenvalue weighted by Gasteiger charge is -2.18. The molecule has 0 amide bonds. The second-order valence-corrected chi connectivity index (χ2v) is 5.58. The van der Waals surface area contributed by atoms with E-state index in [1.165, 1.54) is 11.1 Å². The second-order valence-electron chi connectivity index (χ2n) is 5.14. The van der Waals surface area contributed by atoms with Crippen LogP contribution < -0.4 is 0 Å². The van der Waals surface area contributed by atoms with Crippen molar-refractivity contribution in [2.45, 2.75) is 39.7 Å². The molecule has 1 nitrogen and oxygen atoms in total. The lowest BCUT2D eigenvalue weighted by atomic mass is 9.91. The summed E-state index contributed by atoms with van der Waals surface area (Å²) in [5.41, 5.74) is 5.41. The molecule has 2 rings (SSSR count). The fourth-order valence-electron chi connectivity index (χ4n) is 2.55. The topological polar surface area (TPSA) is 20.2 Å². The van der Waals surface area contributed by atoms with Crippen LogP contribution in [0.2, 0.25) is 5.02 Å². The van der Waals surface area contributed by atoms with Crippen molar-refractivity contribution in [3.05, 3.63) is 69.2 Å². The van der Waals surface area contributed by atoms with Gasteiger partial charge in [0.15, 0.2) is 0 Å². The van der Waals surface area contributed by atoms with Gasteiger partial charge in [-0.05, 0) is 59.7 Å². The maximum absolute atomic E-state index is 10.8. The molecule has 20 heavy (non-hydrogen) atoms. The first-order chi connectivity index (χ1) is 9.56. The average Bonchev–Trinajstić information content (AvgIpc) is 2.46. The first kappa shape index (κ1) is 15.1. The normalized spacial score (nSPS) is 12.4. The Kier molecular flexibility index (Phi) is 4.85. The van der Waals surface area contributed by atoms with E-state index >= 15 is 0 Å². The minimum atomic E-state index is -0.589. The van der Waals surface area contributed by atoms with Gasteiger partial charge >= 0.3 is 0 Å². The number of aryl methyl sites for hydroxylation is 3. The Labute approximate surface area is 126 Å². The van der Waals surface area contributed by atoms with Crippen LogP contribution >= 0.6 is 11.6 Å². The zero-order valence-electron chi connectivity index (χ0n) is 12.3. The van der Waals surface area contributed by atoms with Crippen molar-refractivity contribution in [3.8, 4) is 0 Å². The third-order valence-electron chi connectivity index (χ3n) is 3.82. The van der Waals surface area contributed by atoms with Gasteiger partial charge in [-0.1, -0.05) is 49.7 Å². The molecule has 0 saturated heterocycles. The predicted octanol–water partition coefficient (Wildman–Crippen LogP) is 4.85. The molecular formula is C18H21ClO. The Bertz CT molecular complexity index is 604. The number of halogens is 1. The highest BCUT2D eigenvalue weighted by atomic mass is 35.5. The molecule has 106 valence electrons. The summed E-state index contributed by atoms with van der Waals surface area (Å²) in [6.45, 7) is 6.23. The summed E-state index contributed by atoms with van der Waals surface area (Å²) in [4.78, 5) is 0. The molecule has 0 bridgehead atoms. The number of aliphatic hydroxyl groups is 1. The Morgan fingerprint density at radius 1 is 1.00 bits per heavy atom. The van der Waals surface area contributed by atoms with Gasteiger partial charge in [-0.25, -0.2) is 0 Å². The highest BCUT2D eigenvalue weighted by Gasteiger charge is 2.16. The zero-order chi connectivity index (χ0) is 14.7. The molecule has 0 radical (unpaired) electrons. The minimum Gasteiger partial charge on any atom is -0.384 e. The lowest BCUT2D eigenvalue weighted by molar-refractivity contribution is 0.218. The van der Waals surface area contributed by atoms with Gasteiger partial charge in [0.1, 0.15) is 6.10 Å². The molecule has 2 aromatic carbocycles. The van der Waals surface area contributed by atoms with Crippen LogP contribution in [0, 0.1) is 6.92 Å². The zero-order valence-corrected chi connectivity index (χ0v) is 13.0. The molecule has 0 fully saturated rings. The van der Waals surface area contributed by atoms with E-state index in [0.717, 1.165) is 29.5 Å². The number of hydrogen-bond acceptors (Lipinski definition) is 1. The summed E-state index contributed by atoms with van der Waals surface area (Å²) < 4.78 is 0. The van der Waals surface area contributed by atoms with Crippen molar-refractivity contribution < 1.29 is 5.11 Å². The van der Waals surface area contributed by atoms with Crippen molar-refractivity contribution in [2.75, 3.05) is 0 Å². The Balaban J connectivity index is 2.48. The van der Waals surface area contributed by atoms with Crippen LogP contribution in [0.15, 0.2) is 36.4 Å². The largest absolute Gasteiger partial charge is 0.384 e. The number of benzene rings is 2. The lowest BCUT2D eigenvalue weighted by Crippen LogP contribution is -2.06. The SMILES string of the molecule is CCc1ccc(CC)c(C(O)c2ccc(Cl)cc2C)c1. The van der Waals surface area contributed by atoms with Crippen LogP contribution in [-0.4, -0.2) is 5.11 Å². The van der Waals surface area contributed by atoms with E-state index in [-0.39, 0.29) is 0 Å². The second kappa shape index (κ2) is 6.43. The van der Waals surface area contributed by atoms with Crippen LogP contribution in [0.5, 0.6) is 0 Å². The maximum atomic E-state index is 10.8. The number of hydrogen-bond donors (Lipinski definition) is 1. The quantitative estimate of drug-likeness (QED) is 0.852. The van der Waals surface area contributed by atoms with Crippen LogP contribution in [0.3, 0.4) is 0 Å². The van der Waals surface area contributed by atoms with Crippen molar-refractivity contribution in [1.82, 2.24) is 0 Å². The van der Waals surface area contributed by atoms with Crippen LogP contribution in [-0.2, 0) is 12.8 Å². The monoisotopic (exact) mass is 288 g/mol. The van der Waals surface area contributed by atoms with Crippen molar-refractivity contribution in [1.29, 1.82) is 0 Å². The van der Waals surface area contributed by atoms with Gasteiger partial charge in [0, 0.05) is 5.02 Å². The highest BCUT2D eigenvalue weighted by Crippen LogP contribution is 2.30. The molecule has 0 aromatic heterocycles. The van der Waals surface area contributed by atoms with E-state index in [0.29, 0.717) is 5.02 Å². The van der Waals surface area contributed by atoms with E-state index in [9.17, 15) is 5.11 Å². The summed E-state index contributed by atoms with van der Waals surface area (Å²) >= 11 is 5.99.